The second-order valence-corrected chi connectivity index (χ2v) is 5.41. The number of unbranched alkanes of at least 4 members (excludes halogenated alkanes) is 1. The summed E-state index contributed by atoms with van der Waals surface area (Å²) in [6.07, 6.45) is 4.10. The maximum atomic E-state index is 5.78. The van der Waals surface area contributed by atoms with Gasteiger partial charge < -0.3 is 4.74 Å². The number of anilines is 1. The highest BCUT2D eigenvalue weighted by molar-refractivity contribution is 5.84. The standard InChI is InChI=1S/C19H24N2O/c1-4-5-11-22-18-12-15(2)19(16(3)13-18)14-20-21-17-9-7-6-8-10-17/h6-10,12-14,21H,4-5,11H2,1-3H3. The highest BCUT2D eigenvalue weighted by atomic mass is 16.5. The predicted molar refractivity (Wildman–Crippen MR) is 94.0 cm³/mol. The maximum Gasteiger partial charge on any atom is 0.119 e. The molecule has 0 bridgehead atoms. The average molecular weight is 296 g/mol. The van der Waals surface area contributed by atoms with Crippen LogP contribution in [0.1, 0.15) is 36.5 Å². The Bertz CT molecular complexity index is 598. The molecule has 0 saturated carbocycles. The van der Waals surface area contributed by atoms with Gasteiger partial charge in [-0.15, -0.1) is 0 Å². The Labute approximate surface area is 133 Å². The number of hydrogen-bond donors (Lipinski definition) is 1. The first-order valence-corrected chi connectivity index (χ1v) is 7.79. The lowest BCUT2D eigenvalue weighted by atomic mass is 10.0. The van der Waals surface area contributed by atoms with Crippen LogP contribution in [-0.2, 0) is 0 Å². The summed E-state index contributed by atoms with van der Waals surface area (Å²) in [5, 5.41) is 4.32. The van der Waals surface area contributed by atoms with Crippen molar-refractivity contribution >= 4 is 11.9 Å². The molecule has 2 rings (SSSR count). The molecule has 0 aliphatic rings. The minimum atomic E-state index is 0.776. The Balaban J connectivity index is 2.04. The van der Waals surface area contributed by atoms with Gasteiger partial charge in [0.25, 0.3) is 0 Å². The Kier molecular flexibility index (Phi) is 6.01. The van der Waals surface area contributed by atoms with Crippen LogP contribution in [0.5, 0.6) is 5.75 Å². The molecule has 0 radical (unpaired) electrons. The van der Waals surface area contributed by atoms with Gasteiger partial charge in [-0.25, -0.2) is 0 Å². The molecule has 0 aromatic heterocycles. The van der Waals surface area contributed by atoms with Gasteiger partial charge in [-0.2, -0.15) is 5.10 Å². The largest absolute Gasteiger partial charge is 0.494 e. The number of hydrogen-bond acceptors (Lipinski definition) is 3. The van der Waals surface area contributed by atoms with E-state index in [-0.39, 0.29) is 0 Å². The Hall–Kier alpha value is -2.29. The summed E-state index contributed by atoms with van der Waals surface area (Å²) in [7, 11) is 0. The number of ether oxygens (including phenoxy) is 1. The fraction of sp³-hybridized carbons (Fsp3) is 0.316. The fourth-order valence-electron chi connectivity index (χ4n) is 2.24. The molecule has 0 aliphatic heterocycles. The number of nitrogens with one attached hydrogen (secondary N) is 1. The number of para-hydroxylation sites is 1. The fourth-order valence-corrected chi connectivity index (χ4v) is 2.24. The van der Waals surface area contributed by atoms with Crippen LogP contribution < -0.4 is 10.2 Å². The van der Waals surface area contributed by atoms with Crippen molar-refractivity contribution in [3.05, 3.63) is 59.2 Å². The molecule has 0 heterocycles. The second-order valence-electron chi connectivity index (χ2n) is 5.41. The third kappa shape index (κ3) is 4.62. The second kappa shape index (κ2) is 8.23. The van der Waals surface area contributed by atoms with Gasteiger partial charge in [-0.05, 0) is 55.7 Å². The molecule has 3 heteroatoms. The van der Waals surface area contributed by atoms with Crippen LogP contribution in [0.2, 0.25) is 0 Å². The average Bonchev–Trinajstić information content (AvgIpc) is 2.51. The van der Waals surface area contributed by atoms with Gasteiger partial charge in [0, 0.05) is 5.56 Å². The number of rotatable bonds is 7. The van der Waals surface area contributed by atoms with Crippen LogP contribution in [-0.4, -0.2) is 12.8 Å². The maximum absolute atomic E-state index is 5.78. The number of aryl methyl sites for hydroxylation is 2. The number of nitrogens with zero attached hydrogens (tertiary/aromatic N) is 1. The van der Waals surface area contributed by atoms with Crippen LogP contribution in [0.4, 0.5) is 5.69 Å². The summed E-state index contributed by atoms with van der Waals surface area (Å²) in [6, 6.07) is 14.1. The Morgan fingerprint density at radius 1 is 1.09 bits per heavy atom. The first kappa shape index (κ1) is 16.1. The van der Waals surface area contributed by atoms with E-state index in [0.29, 0.717) is 0 Å². The van der Waals surface area contributed by atoms with E-state index in [1.807, 2.05) is 36.5 Å². The molecular weight excluding hydrogens is 272 g/mol. The van der Waals surface area contributed by atoms with Crippen molar-refractivity contribution in [3.63, 3.8) is 0 Å². The molecule has 2 aromatic rings. The molecular formula is C19H24N2O. The number of hydrazone groups is 1. The number of benzene rings is 2. The molecule has 1 N–H and O–H groups in total. The highest BCUT2D eigenvalue weighted by Crippen LogP contribution is 2.21. The van der Waals surface area contributed by atoms with Crippen molar-refractivity contribution in [1.82, 2.24) is 0 Å². The third-order valence-electron chi connectivity index (χ3n) is 3.49. The summed E-state index contributed by atoms with van der Waals surface area (Å²) in [5.41, 5.74) is 7.50. The molecule has 0 unspecified atom stereocenters. The Morgan fingerprint density at radius 3 is 2.41 bits per heavy atom. The van der Waals surface area contributed by atoms with Gasteiger partial charge >= 0.3 is 0 Å². The molecule has 2 aromatic carbocycles. The third-order valence-corrected chi connectivity index (χ3v) is 3.49. The molecule has 116 valence electrons. The quantitative estimate of drug-likeness (QED) is 0.446. The minimum absolute atomic E-state index is 0.776. The smallest absolute Gasteiger partial charge is 0.119 e. The summed E-state index contributed by atoms with van der Waals surface area (Å²) in [4.78, 5) is 0. The van der Waals surface area contributed by atoms with Crippen LogP contribution in [0, 0.1) is 13.8 Å². The predicted octanol–water partition coefficient (Wildman–Crippen LogP) is 4.93. The van der Waals surface area contributed by atoms with Crippen molar-refractivity contribution in [2.24, 2.45) is 5.10 Å². The minimum Gasteiger partial charge on any atom is -0.494 e. The summed E-state index contributed by atoms with van der Waals surface area (Å²) in [5.74, 6) is 0.941. The van der Waals surface area contributed by atoms with Crippen molar-refractivity contribution in [2.75, 3.05) is 12.0 Å². The zero-order chi connectivity index (χ0) is 15.8. The van der Waals surface area contributed by atoms with Crippen molar-refractivity contribution in [2.45, 2.75) is 33.6 Å². The van der Waals surface area contributed by atoms with Crippen LogP contribution in [0.25, 0.3) is 0 Å². The molecule has 0 amide bonds. The van der Waals surface area contributed by atoms with Crippen molar-refractivity contribution < 1.29 is 4.74 Å². The van der Waals surface area contributed by atoms with Gasteiger partial charge in [-0.1, -0.05) is 31.5 Å². The van der Waals surface area contributed by atoms with Crippen molar-refractivity contribution in [3.8, 4) is 5.75 Å². The van der Waals surface area contributed by atoms with Crippen LogP contribution in [0.15, 0.2) is 47.6 Å². The van der Waals surface area contributed by atoms with E-state index in [1.165, 1.54) is 11.1 Å². The van der Waals surface area contributed by atoms with Gasteiger partial charge in [0.05, 0.1) is 18.5 Å². The molecule has 0 fully saturated rings. The lowest BCUT2D eigenvalue weighted by Gasteiger charge is -2.11. The SMILES string of the molecule is CCCCOc1cc(C)c(C=NNc2ccccc2)c(C)c1. The van der Waals surface area contributed by atoms with E-state index in [1.54, 1.807) is 0 Å². The molecule has 0 saturated heterocycles. The summed E-state index contributed by atoms with van der Waals surface area (Å²) >= 11 is 0. The van der Waals surface area contributed by atoms with E-state index in [9.17, 15) is 0 Å². The van der Waals surface area contributed by atoms with Gasteiger partial charge in [0.15, 0.2) is 0 Å². The van der Waals surface area contributed by atoms with E-state index in [2.05, 4.69) is 43.4 Å². The van der Waals surface area contributed by atoms with Gasteiger partial charge in [-0.3, -0.25) is 5.43 Å². The summed E-state index contributed by atoms with van der Waals surface area (Å²) in [6.45, 7) is 7.12. The first-order chi connectivity index (χ1) is 10.7. The zero-order valence-electron chi connectivity index (χ0n) is 13.6. The summed E-state index contributed by atoms with van der Waals surface area (Å²) < 4.78 is 5.78. The molecule has 22 heavy (non-hydrogen) atoms. The van der Waals surface area contributed by atoms with Gasteiger partial charge in [0.2, 0.25) is 0 Å². The van der Waals surface area contributed by atoms with E-state index in [0.717, 1.165) is 36.4 Å². The Morgan fingerprint density at radius 2 is 1.77 bits per heavy atom. The van der Waals surface area contributed by atoms with Crippen LogP contribution in [0.3, 0.4) is 0 Å². The van der Waals surface area contributed by atoms with Gasteiger partial charge in [0.1, 0.15) is 5.75 Å². The van der Waals surface area contributed by atoms with E-state index in [4.69, 9.17) is 4.74 Å². The molecule has 0 atom stereocenters. The van der Waals surface area contributed by atoms with Crippen molar-refractivity contribution in [1.29, 1.82) is 0 Å². The van der Waals surface area contributed by atoms with E-state index >= 15 is 0 Å². The molecule has 3 nitrogen and oxygen atoms in total. The highest BCUT2D eigenvalue weighted by Gasteiger charge is 2.04. The normalized spacial score (nSPS) is 10.9. The lowest BCUT2D eigenvalue weighted by molar-refractivity contribution is 0.309. The lowest BCUT2D eigenvalue weighted by Crippen LogP contribution is -2.00. The zero-order valence-corrected chi connectivity index (χ0v) is 13.6. The first-order valence-electron chi connectivity index (χ1n) is 7.79. The molecule has 0 spiro atoms. The molecule has 0 aliphatic carbocycles. The topological polar surface area (TPSA) is 33.6 Å². The van der Waals surface area contributed by atoms with Crippen LogP contribution >= 0.6 is 0 Å². The monoisotopic (exact) mass is 296 g/mol. The van der Waals surface area contributed by atoms with E-state index < -0.39 is 0 Å².